The summed E-state index contributed by atoms with van der Waals surface area (Å²) in [6.45, 7) is 14.1. The summed E-state index contributed by atoms with van der Waals surface area (Å²) < 4.78 is 0. The Hall–Kier alpha value is -0.890. The molecule has 0 aromatic heterocycles. The lowest BCUT2D eigenvalue weighted by atomic mass is 9.47. The number of allylic oxidation sites excluding steroid dienone is 4. The fourth-order valence-electron chi connectivity index (χ4n) is 7.94. The van der Waals surface area contributed by atoms with Crippen LogP contribution in [-0.2, 0) is 4.79 Å². The van der Waals surface area contributed by atoms with Crippen molar-refractivity contribution in [1.82, 2.24) is 0 Å². The fraction of sp³-hybridized carbons (Fsp3) is 0.821. The van der Waals surface area contributed by atoms with Crippen LogP contribution in [0.15, 0.2) is 23.8 Å². The van der Waals surface area contributed by atoms with E-state index in [1.807, 2.05) is 6.08 Å². The first kappa shape index (κ1) is 22.3. The molecule has 4 aliphatic rings. The molecular formula is C28H44O2. The quantitative estimate of drug-likeness (QED) is 0.543. The first-order valence-electron chi connectivity index (χ1n) is 12.7. The van der Waals surface area contributed by atoms with Gasteiger partial charge in [-0.25, -0.2) is 0 Å². The minimum atomic E-state index is -0.535. The van der Waals surface area contributed by atoms with Crippen molar-refractivity contribution in [2.45, 2.75) is 98.5 Å². The third-order valence-corrected chi connectivity index (χ3v) is 10.7. The molecule has 30 heavy (non-hydrogen) atoms. The van der Waals surface area contributed by atoms with Crippen LogP contribution in [0.1, 0.15) is 92.9 Å². The van der Waals surface area contributed by atoms with Crippen molar-refractivity contribution in [3.8, 4) is 0 Å². The van der Waals surface area contributed by atoms with Crippen LogP contribution in [0, 0.1) is 46.3 Å². The van der Waals surface area contributed by atoms with E-state index in [1.165, 1.54) is 18.4 Å². The Balaban J connectivity index is 1.57. The lowest BCUT2D eigenvalue weighted by molar-refractivity contribution is -0.143. The van der Waals surface area contributed by atoms with Gasteiger partial charge in [-0.3, -0.25) is 4.79 Å². The Morgan fingerprint density at radius 3 is 2.43 bits per heavy atom. The monoisotopic (exact) mass is 412 g/mol. The summed E-state index contributed by atoms with van der Waals surface area (Å²) in [6.07, 6.45) is 15.1. The molecule has 0 unspecified atom stereocenters. The predicted molar refractivity (Wildman–Crippen MR) is 124 cm³/mol. The first-order chi connectivity index (χ1) is 14.0. The van der Waals surface area contributed by atoms with Gasteiger partial charge in [0.1, 0.15) is 0 Å². The molecule has 8 atom stereocenters. The Morgan fingerprint density at radius 2 is 1.73 bits per heavy atom. The summed E-state index contributed by atoms with van der Waals surface area (Å²) in [5, 5.41) is 12.1. The van der Waals surface area contributed by atoms with Crippen LogP contribution >= 0.6 is 0 Å². The molecule has 2 fully saturated rings. The highest BCUT2D eigenvalue weighted by Crippen LogP contribution is 2.67. The number of ketones is 1. The van der Waals surface area contributed by atoms with Gasteiger partial charge < -0.3 is 5.11 Å². The van der Waals surface area contributed by atoms with Crippen LogP contribution in [-0.4, -0.2) is 16.5 Å². The molecule has 2 saturated carbocycles. The van der Waals surface area contributed by atoms with Gasteiger partial charge in [-0.2, -0.15) is 0 Å². The average molecular weight is 413 g/mol. The predicted octanol–water partition coefficient (Wildman–Crippen LogP) is 6.73. The molecule has 2 nitrogen and oxygen atoms in total. The molecule has 0 radical (unpaired) electrons. The van der Waals surface area contributed by atoms with Gasteiger partial charge in [-0.15, -0.1) is 0 Å². The summed E-state index contributed by atoms with van der Waals surface area (Å²) in [4.78, 5) is 12.0. The topological polar surface area (TPSA) is 37.3 Å². The van der Waals surface area contributed by atoms with Crippen molar-refractivity contribution < 1.29 is 9.90 Å². The maximum absolute atomic E-state index is 12.1. The van der Waals surface area contributed by atoms with Crippen molar-refractivity contribution in [1.29, 1.82) is 0 Å². The Bertz CT molecular complexity index is 748. The Kier molecular flexibility index (Phi) is 5.66. The summed E-state index contributed by atoms with van der Waals surface area (Å²) >= 11 is 0. The number of rotatable bonds is 5. The van der Waals surface area contributed by atoms with Gasteiger partial charge in [0, 0.05) is 6.42 Å². The molecule has 4 rings (SSSR count). The highest BCUT2D eigenvalue weighted by molar-refractivity contribution is 5.92. The van der Waals surface area contributed by atoms with Gasteiger partial charge in [0.2, 0.25) is 0 Å². The molecule has 0 aromatic carbocycles. The molecular weight excluding hydrogens is 368 g/mol. The molecule has 1 N–H and O–H groups in total. The van der Waals surface area contributed by atoms with E-state index in [9.17, 15) is 9.90 Å². The maximum Gasteiger partial charge on any atom is 0.156 e. The molecule has 2 heteroatoms. The van der Waals surface area contributed by atoms with E-state index in [-0.39, 0.29) is 10.8 Å². The summed E-state index contributed by atoms with van der Waals surface area (Å²) in [7, 11) is 0. The smallest absolute Gasteiger partial charge is 0.156 e. The lowest BCUT2D eigenvalue weighted by Gasteiger charge is -2.58. The maximum atomic E-state index is 12.1. The molecule has 4 aliphatic carbocycles. The Labute approximate surface area is 184 Å². The molecule has 0 heterocycles. The largest absolute Gasteiger partial charge is 0.389 e. The molecule has 0 bridgehead atoms. The number of hydrogen-bond acceptors (Lipinski definition) is 2. The van der Waals surface area contributed by atoms with E-state index in [0.29, 0.717) is 41.8 Å². The molecule has 0 saturated heterocycles. The molecule has 0 amide bonds. The van der Waals surface area contributed by atoms with E-state index < -0.39 is 5.60 Å². The van der Waals surface area contributed by atoms with Crippen molar-refractivity contribution in [2.24, 2.45) is 46.3 Å². The van der Waals surface area contributed by atoms with E-state index in [0.717, 1.165) is 38.0 Å². The summed E-state index contributed by atoms with van der Waals surface area (Å²) in [5.41, 5.74) is 0.898. The highest BCUT2D eigenvalue weighted by atomic mass is 16.3. The van der Waals surface area contributed by atoms with Gasteiger partial charge >= 0.3 is 0 Å². The zero-order chi connectivity index (χ0) is 21.9. The first-order valence-corrected chi connectivity index (χ1v) is 12.7. The number of carbonyl (C=O) groups is 1. The van der Waals surface area contributed by atoms with Crippen molar-refractivity contribution in [3.05, 3.63) is 23.8 Å². The van der Waals surface area contributed by atoms with E-state index in [1.54, 1.807) is 0 Å². The molecule has 0 spiro atoms. The standard InChI is InChI=1S/C28H44O2/c1-18(2)19(3)7-8-20(4)28(30)16-13-25-23-10-9-21-17-22(29)11-14-26(21,5)24(23)12-15-27(25,28)6/h9-10,17-20,23-25,30H,7-8,11-16H2,1-6H3/t19-,20-,23-,24+,25-,26+,27+,28+/m1/s1. The van der Waals surface area contributed by atoms with E-state index in [2.05, 4.69) is 53.7 Å². The van der Waals surface area contributed by atoms with Gasteiger partial charge in [-0.1, -0.05) is 60.1 Å². The van der Waals surface area contributed by atoms with Crippen molar-refractivity contribution in [2.75, 3.05) is 0 Å². The third-order valence-electron chi connectivity index (χ3n) is 10.7. The second kappa shape index (κ2) is 7.61. The van der Waals surface area contributed by atoms with Crippen LogP contribution in [0.3, 0.4) is 0 Å². The zero-order valence-corrected chi connectivity index (χ0v) is 20.2. The summed E-state index contributed by atoms with van der Waals surface area (Å²) in [6, 6.07) is 0. The number of fused-ring (bicyclic) bond motifs is 5. The minimum Gasteiger partial charge on any atom is -0.389 e. The third kappa shape index (κ3) is 3.19. The molecule has 0 aliphatic heterocycles. The van der Waals surface area contributed by atoms with Crippen LogP contribution in [0.4, 0.5) is 0 Å². The van der Waals surface area contributed by atoms with E-state index >= 15 is 0 Å². The lowest BCUT2D eigenvalue weighted by Crippen LogP contribution is -2.56. The molecule has 168 valence electrons. The number of hydrogen-bond donors (Lipinski definition) is 1. The van der Waals surface area contributed by atoms with E-state index in [4.69, 9.17) is 0 Å². The van der Waals surface area contributed by atoms with Gasteiger partial charge in [0.15, 0.2) is 5.78 Å². The second-order valence-electron chi connectivity index (χ2n) is 12.3. The van der Waals surface area contributed by atoms with Crippen molar-refractivity contribution in [3.63, 3.8) is 0 Å². The zero-order valence-electron chi connectivity index (χ0n) is 20.2. The highest BCUT2D eigenvalue weighted by Gasteiger charge is 2.64. The van der Waals surface area contributed by atoms with Gasteiger partial charge in [-0.05, 0) is 96.5 Å². The number of aliphatic hydroxyl groups is 1. The summed E-state index contributed by atoms with van der Waals surface area (Å²) in [5.74, 6) is 3.83. The van der Waals surface area contributed by atoms with Crippen LogP contribution < -0.4 is 0 Å². The minimum absolute atomic E-state index is 0.0149. The normalized spacial score (nSPS) is 44.9. The van der Waals surface area contributed by atoms with Gasteiger partial charge in [0.05, 0.1) is 5.60 Å². The molecule has 0 aromatic rings. The second-order valence-corrected chi connectivity index (χ2v) is 12.3. The number of carbonyl (C=O) groups excluding carboxylic acids is 1. The van der Waals surface area contributed by atoms with Crippen LogP contribution in [0.25, 0.3) is 0 Å². The van der Waals surface area contributed by atoms with Crippen LogP contribution in [0.5, 0.6) is 0 Å². The SMILES string of the molecule is CC(C)[C@H](C)CC[C@@H](C)[C@@]1(O)CC[C@@H]2[C@@H]3C=CC4=CC(=O)CC[C@]4(C)[C@H]3CC[C@@]21C. The Morgan fingerprint density at radius 1 is 1.03 bits per heavy atom. The average Bonchev–Trinajstić information content (AvgIpc) is 2.98. The van der Waals surface area contributed by atoms with Gasteiger partial charge in [0.25, 0.3) is 0 Å². The van der Waals surface area contributed by atoms with Crippen LogP contribution in [0.2, 0.25) is 0 Å². The fourth-order valence-corrected chi connectivity index (χ4v) is 7.94. The van der Waals surface area contributed by atoms with Crippen molar-refractivity contribution >= 4 is 5.78 Å².